The second kappa shape index (κ2) is 9.19. The summed E-state index contributed by atoms with van der Waals surface area (Å²) < 4.78 is 38.2. The largest absolute Gasteiger partial charge is 0.416 e. The van der Waals surface area contributed by atoms with Crippen molar-refractivity contribution in [3.8, 4) is 0 Å². The Bertz CT molecular complexity index is 1040. The monoisotopic (exact) mass is 474 g/mol. The van der Waals surface area contributed by atoms with Crippen molar-refractivity contribution in [2.75, 3.05) is 50.5 Å². The number of carbonyl (C=O) groups excluding carboxylic acids is 2. The summed E-state index contributed by atoms with van der Waals surface area (Å²) in [5, 5.41) is 2.70. The third kappa shape index (κ3) is 4.98. The van der Waals surface area contributed by atoms with Gasteiger partial charge in [0, 0.05) is 51.6 Å². The van der Waals surface area contributed by atoms with Crippen LogP contribution in [0.3, 0.4) is 0 Å². The minimum Gasteiger partial charge on any atom is -0.377 e. The first-order valence-corrected chi connectivity index (χ1v) is 11.4. The van der Waals surface area contributed by atoms with Crippen LogP contribution in [0.2, 0.25) is 0 Å². The lowest BCUT2D eigenvalue weighted by molar-refractivity contribution is -0.137. The third-order valence-corrected chi connectivity index (χ3v) is 6.92. The number of alkyl halides is 3. The summed E-state index contributed by atoms with van der Waals surface area (Å²) in [6.45, 7) is 2.43. The van der Waals surface area contributed by atoms with E-state index in [-0.39, 0.29) is 17.4 Å². The van der Waals surface area contributed by atoms with Gasteiger partial charge in [0.05, 0.1) is 11.1 Å². The van der Waals surface area contributed by atoms with Crippen molar-refractivity contribution in [3.05, 3.63) is 59.7 Å². The Hall–Kier alpha value is -3.23. The van der Waals surface area contributed by atoms with Gasteiger partial charge in [-0.15, -0.1) is 0 Å². The van der Waals surface area contributed by atoms with Crippen LogP contribution >= 0.6 is 0 Å². The summed E-state index contributed by atoms with van der Waals surface area (Å²) in [4.78, 5) is 31.4. The molecular weight excluding hydrogens is 445 g/mol. The number of hydrogen-bond acceptors (Lipinski definition) is 3. The molecule has 0 bridgehead atoms. The SMILES string of the molecule is CN(C)c1ccccc1C(=O)N1CCC2(CCN(C(=O)Nc3ccc(C(F)(F)F)cc3)C2)CC1. The Kier molecular flexibility index (Phi) is 6.47. The molecule has 1 spiro atoms. The molecule has 9 heteroatoms. The Morgan fingerprint density at radius 3 is 2.09 bits per heavy atom. The lowest BCUT2D eigenvalue weighted by Gasteiger charge is -2.39. The van der Waals surface area contributed by atoms with Crippen LogP contribution in [0.5, 0.6) is 0 Å². The molecule has 2 aromatic rings. The maximum absolute atomic E-state index is 13.1. The van der Waals surface area contributed by atoms with Crippen molar-refractivity contribution in [2.24, 2.45) is 5.41 Å². The van der Waals surface area contributed by atoms with Gasteiger partial charge >= 0.3 is 12.2 Å². The molecule has 2 aromatic carbocycles. The molecule has 182 valence electrons. The number of hydrogen-bond donors (Lipinski definition) is 1. The van der Waals surface area contributed by atoms with Gasteiger partial charge in [0.2, 0.25) is 0 Å². The zero-order chi connectivity index (χ0) is 24.5. The standard InChI is InChI=1S/C25H29F3N4O2/c1-30(2)21-6-4-3-5-20(21)22(33)31-14-11-24(12-15-31)13-16-32(17-24)23(34)29-19-9-7-18(8-10-19)25(26,27)28/h3-10H,11-17H2,1-2H3,(H,29,34). The van der Waals surface area contributed by atoms with Crippen LogP contribution in [0, 0.1) is 5.41 Å². The highest BCUT2D eigenvalue weighted by Crippen LogP contribution is 2.41. The molecule has 0 aliphatic carbocycles. The molecule has 4 rings (SSSR count). The second-order valence-electron chi connectivity index (χ2n) is 9.38. The number of nitrogens with zero attached hydrogens (tertiary/aromatic N) is 3. The second-order valence-corrected chi connectivity index (χ2v) is 9.38. The number of piperidine rings is 1. The lowest BCUT2D eigenvalue weighted by atomic mass is 9.77. The van der Waals surface area contributed by atoms with Gasteiger partial charge in [-0.25, -0.2) is 4.79 Å². The van der Waals surface area contributed by atoms with E-state index in [0.29, 0.717) is 37.4 Å². The molecule has 2 aliphatic rings. The van der Waals surface area contributed by atoms with Gasteiger partial charge in [-0.1, -0.05) is 12.1 Å². The number of likely N-dealkylation sites (tertiary alicyclic amines) is 2. The summed E-state index contributed by atoms with van der Waals surface area (Å²) in [5.74, 6) is 0.0223. The number of anilines is 2. The number of rotatable bonds is 3. The first kappa shape index (κ1) is 23.9. The number of nitrogens with one attached hydrogen (secondary N) is 1. The van der Waals surface area contributed by atoms with E-state index in [1.807, 2.05) is 48.2 Å². The summed E-state index contributed by atoms with van der Waals surface area (Å²) in [6, 6.07) is 11.7. The predicted molar refractivity (Wildman–Crippen MR) is 125 cm³/mol. The predicted octanol–water partition coefficient (Wildman–Crippen LogP) is 4.93. The smallest absolute Gasteiger partial charge is 0.377 e. The Balaban J connectivity index is 1.33. The number of halogens is 3. The van der Waals surface area contributed by atoms with E-state index in [2.05, 4.69) is 5.32 Å². The van der Waals surface area contributed by atoms with Crippen molar-refractivity contribution >= 4 is 23.3 Å². The van der Waals surface area contributed by atoms with Crippen LogP contribution in [-0.4, -0.2) is 62.0 Å². The minimum absolute atomic E-state index is 0.0223. The van der Waals surface area contributed by atoms with Gasteiger partial charge in [0.15, 0.2) is 0 Å². The van der Waals surface area contributed by atoms with Gasteiger partial charge in [-0.05, 0) is 61.1 Å². The molecule has 2 aliphatic heterocycles. The molecule has 1 N–H and O–H groups in total. The zero-order valence-electron chi connectivity index (χ0n) is 19.4. The molecular formula is C25H29F3N4O2. The molecule has 34 heavy (non-hydrogen) atoms. The van der Waals surface area contributed by atoms with Crippen LogP contribution in [0.1, 0.15) is 35.2 Å². The quantitative estimate of drug-likeness (QED) is 0.686. The Labute approximate surface area is 197 Å². The van der Waals surface area contributed by atoms with Gasteiger partial charge in [0.1, 0.15) is 0 Å². The average molecular weight is 475 g/mol. The van der Waals surface area contributed by atoms with Gasteiger partial charge in [-0.3, -0.25) is 4.79 Å². The number of benzene rings is 2. The molecule has 0 atom stereocenters. The van der Waals surface area contributed by atoms with E-state index in [1.165, 1.54) is 12.1 Å². The topological polar surface area (TPSA) is 55.9 Å². The summed E-state index contributed by atoms with van der Waals surface area (Å²) in [5.41, 5.74) is 1.13. The molecule has 0 radical (unpaired) electrons. The van der Waals surface area contributed by atoms with Crippen LogP contribution in [-0.2, 0) is 6.18 Å². The van der Waals surface area contributed by atoms with E-state index in [9.17, 15) is 22.8 Å². The molecule has 2 heterocycles. The molecule has 0 aromatic heterocycles. The molecule has 0 unspecified atom stereocenters. The summed E-state index contributed by atoms with van der Waals surface area (Å²) >= 11 is 0. The molecule has 2 fully saturated rings. The first-order chi connectivity index (χ1) is 16.1. The lowest BCUT2D eigenvalue weighted by Crippen LogP contribution is -2.45. The summed E-state index contributed by atoms with van der Waals surface area (Å²) in [7, 11) is 3.83. The summed E-state index contributed by atoms with van der Waals surface area (Å²) in [6.07, 6.45) is -1.93. The molecule has 3 amide bonds. The van der Waals surface area contributed by atoms with E-state index in [4.69, 9.17) is 0 Å². The van der Waals surface area contributed by atoms with Crippen LogP contribution in [0.15, 0.2) is 48.5 Å². The maximum atomic E-state index is 13.1. The van der Waals surface area contributed by atoms with E-state index >= 15 is 0 Å². The number of urea groups is 1. The van der Waals surface area contributed by atoms with Crippen LogP contribution < -0.4 is 10.2 Å². The van der Waals surface area contributed by atoms with Crippen molar-refractivity contribution in [3.63, 3.8) is 0 Å². The van der Waals surface area contributed by atoms with E-state index < -0.39 is 11.7 Å². The highest BCUT2D eigenvalue weighted by molar-refractivity contribution is 5.99. The molecule has 6 nitrogen and oxygen atoms in total. The maximum Gasteiger partial charge on any atom is 0.416 e. The van der Waals surface area contributed by atoms with Crippen molar-refractivity contribution in [1.82, 2.24) is 9.80 Å². The molecule has 0 saturated carbocycles. The van der Waals surface area contributed by atoms with Crippen molar-refractivity contribution in [2.45, 2.75) is 25.4 Å². The van der Waals surface area contributed by atoms with Gasteiger partial charge < -0.3 is 20.0 Å². The fourth-order valence-electron chi connectivity index (χ4n) is 4.86. The highest BCUT2D eigenvalue weighted by Gasteiger charge is 2.43. The Morgan fingerprint density at radius 1 is 0.912 bits per heavy atom. The minimum atomic E-state index is -4.41. The average Bonchev–Trinajstić information content (AvgIpc) is 3.22. The fraction of sp³-hybridized carbons (Fsp3) is 0.440. The number of para-hydroxylation sites is 1. The van der Waals surface area contributed by atoms with Crippen LogP contribution in [0.25, 0.3) is 0 Å². The van der Waals surface area contributed by atoms with Gasteiger partial charge in [-0.2, -0.15) is 13.2 Å². The zero-order valence-corrected chi connectivity index (χ0v) is 19.4. The fourth-order valence-corrected chi connectivity index (χ4v) is 4.86. The number of amides is 3. The normalized spacial score (nSPS) is 17.7. The van der Waals surface area contributed by atoms with Gasteiger partial charge in [0.25, 0.3) is 5.91 Å². The van der Waals surface area contributed by atoms with Crippen molar-refractivity contribution < 1.29 is 22.8 Å². The molecule has 2 saturated heterocycles. The third-order valence-electron chi connectivity index (χ3n) is 6.92. The number of carbonyl (C=O) groups is 2. The Morgan fingerprint density at radius 2 is 1.50 bits per heavy atom. The van der Waals surface area contributed by atoms with Crippen LogP contribution in [0.4, 0.5) is 29.3 Å². The first-order valence-electron chi connectivity index (χ1n) is 11.4. The van der Waals surface area contributed by atoms with E-state index in [1.54, 1.807) is 4.90 Å². The van der Waals surface area contributed by atoms with E-state index in [0.717, 1.165) is 37.1 Å². The van der Waals surface area contributed by atoms with Crippen molar-refractivity contribution in [1.29, 1.82) is 0 Å². The highest BCUT2D eigenvalue weighted by atomic mass is 19.4.